The normalized spacial score (nSPS) is 26.4. The summed E-state index contributed by atoms with van der Waals surface area (Å²) in [4.78, 5) is 22.1. The molecule has 0 spiro atoms. The van der Waals surface area contributed by atoms with Crippen molar-refractivity contribution >= 4 is 11.8 Å². The summed E-state index contributed by atoms with van der Waals surface area (Å²) in [6.45, 7) is 1.94. The summed E-state index contributed by atoms with van der Waals surface area (Å²) >= 11 is 0. The fourth-order valence-corrected chi connectivity index (χ4v) is 2.97. The monoisotopic (exact) mass is 324 g/mol. The number of aliphatic hydroxyl groups excluding tert-OH is 2. The van der Waals surface area contributed by atoms with Crippen LogP contribution in [0.15, 0.2) is 24.3 Å². The van der Waals surface area contributed by atoms with E-state index in [2.05, 4.69) is 0 Å². The zero-order valence-corrected chi connectivity index (χ0v) is 13.7. The van der Waals surface area contributed by atoms with E-state index < -0.39 is 18.2 Å². The number of carbonyl (C=O) groups excluding carboxylic acids is 1. The first-order valence-electron chi connectivity index (χ1n) is 8.39. The van der Waals surface area contributed by atoms with Crippen LogP contribution in [-0.2, 0) is 9.59 Å². The van der Waals surface area contributed by atoms with E-state index in [1.54, 1.807) is 12.2 Å². The van der Waals surface area contributed by atoms with Gasteiger partial charge in [0.05, 0.1) is 12.2 Å². The van der Waals surface area contributed by atoms with Gasteiger partial charge < -0.3 is 15.3 Å². The number of Topliss-reactive ketones (excluding diaryl/α,β-unsaturated/α-hetero) is 1. The van der Waals surface area contributed by atoms with Crippen LogP contribution in [0.4, 0.5) is 0 Å². The summed E-state index contributed by atoms with van der Waals surface area (Å²) < 4.78 is 0. The van der Waals surface area contributed by atoms with Crippen molar-refractivity contribution in [2.45, 2.75) is 64.1 Å². The van der Waals surface area contributed by atoms with Crippen molar-refractivity contribution in [3.8, 4) is 0 Å². The molecule has 5 nitrogen and oxygen atoms in total. The Hall–Kier alpha value is -1.46. The first-order chi connectivity index (χ1) is 11.0. The quantitative estimate of drug-likeness (QED) is 0.424. The van der Waals surface area contributed by atoms with E-state index in [1.165, 1.54) is 0 Å². The van der Waals surface area contributed by atoms with Crippen molar-refractivity contribution in [2.24, 2.45) is 11.8 Å². The molecule has 0 bridgehead atoms. The molecular formula is C18H28O5. The standard InChI is InChI=1S/C18H28O5/c1-2-14-15(17(21)12-16(14)20)11-10-13(19)8-6-4-3-5-7-9-18(22)23/h4,6,10-11,13-15,17,19,21H,2-3,5,7-9,12H2,1H3,(H,22,23)/b6-4-,11-10+/t13-,14+,15-,17-/m1/s1. The highest BCUT2D eigenvalue weighted by molar-refractivity contribution is 5.84. The van der Waals surface area contributed by atoms with Crippen molar-refractivity contribution in [1.82, 2.24) is 0 Å². The predicted molar refractivity (Wildman–Crippen MR) is 87.9 cm³/mol. The second-order valence-electron chi connectivity index (χ2n) is 6.13. The van der Waals surface area contributed by atoms with E-state index in [1.807, 2.05) is 19.1 Å². The van der Waals surface area contributed by atoms with Gasteiger partial charge >= 0.3 is 5.97 Å². The van der Waals surface area contributed by atoms with Crippen LogP contribution >= 0.6 is 0 Å². The van der Waals surface area contributed by atoms with Crippen molar-refractivity contribution in [2.75, 3.05) is 0 Å². The maximum absolute atomic E-state index is 11.7. The highest BCUT2D eigenvalue weighted by atomic mass is 16.4. The number of carboxylic acids is 1. The molecule has 23 heavy (non-hydrogen) atoms. The van der Waals surface area contributed by atoms with Gasteiger partial charge in [-0.05, 0) is 32.1 Å². The van der Waals surface area contributed by atoms with Gasteiger partial charge in [0.25, 0.3) is 0 Å². The van der Waals surface area contributed by atoms with Gasteiger partial charge in [-0.1, -0.05) is 31.2 Å². The van der Waals surface area contributed by atoms with Crippen LogP contribution in [0, 0.1) is 11.8 Å². The molecule has 0 saturated heterocycles. The molecular weight excluding hydrogens is 296 g/mol. The van der Waals surface area contributed by atoms with Gasteiger partial charge in [-0.2, -0.15) is 0 Å². The SMILES string of the molecule is CC[C@@H]1C(=O)C[C@@H](O)[C@@H]1/C=C/[C@H](O)C/C=C\CCCCC(=O)O. The first-order valence-corrected chi connectivity index (χ1v) is 8.39. The summed E-state index contributed by atoms with van der Waals surface area (Å²) in [5.74, 6) is -1.00. The molecule has 0 aromatic carbocycles. The minimum atomic E-state index is -0.771. The highest BCUT2D eigenvalue weighted by Crippen LogP contribution is 2.32. The molecule has 0 aliphatic heterocycles. The molecule has 4 atom stereocenters. The summed E-state index contributed by atoms with van der Waals surface area (Å²) in [6.07, 6.45) is 9.85. The Balaban J connectivity index is 2.28. The molecule has 3 N–H and O–H groups in total. The van der Waals surface area contributed by atoms with Crippen molar-refractivity contribution in [3.63, 3.8) is 0 Å². The Morgan fingerprint density at radius 1 is 1.35 bits per heavy atom. The van der Waals surface area contributed by atoms with Gasteiger partial charge in [0.15, 0.2) is 0 Å². The number of carboxylic acid groups (broad SMARTS) is 1. The lowest BCUT2D eigenvalue weighted by Gasteiger charge is -2.16. The molecule has 1 rings (SSSR count). The Bertz CT molecular complexity index is 441. The molecule has 130 valence electrons. The molecule has 0 radical (unpaired) electrons. The average molecular weight is 324 g/mol. The summed E-state index contributed by atoms with van der Waals surface area (Å²) in [5, 5.41) is 28.3. The van der Waals surface area contributed by atoms with Gasteiger partial charge in [0, 0.05) is 24.7 Å². The lowest BCUT2D eigenvalue weighted by atomic mass is 9.91. The fourth-order valence-electron chi connectivity index (χ4n) is 2.97. The molecule has 0 unspecified atom stereocenters. The Kier molecular flexibility index (Phi) is 8.81. The number of ketones is 1. The number of hydrogen-bond acceptors (Lipinski definition) is 4. The number of hydrogen-bond donors (Lipinski definition) is 3. The van der Waals surface area contributed by atoms with Crippen LogP contribution < -0.4 is 0 Å². The van der Waals surface area contributed by atoms with E-state index in [9.17, 15) is 19.8 Å². The van der Waals surface area contributed by atoms with Crippen LogP contribution in [0.5, 0.6) is 0 Å². The van der Waals surface area contributed by atoms with E-state index in [0.29, 0.717) is 19.3 Å². The van der Waals surface area contributed by atoms with Crippen LogP contribution in [0.3, 0.4) is 0 Å². The van der Waals surface area contributed by atoms with Gasteiger partial charge in [-0.25, -0.2) is 0 Å². The second-order valence-corrected chi connectivity index (χ2v) is 6.13. The molecule has 0 amide bonds. The van der Waals surface area contributed by atoms with Gasteiger partial charge in [0.1, 0.15) is 5.78 Å². The number of rotatable bonds is 10. The van der Waals surface area contributed by atoms with Crippen LogP contribution in [-0.4, -0.2) is 39.3 Å². The third-order valence-electron chi connectivity index (χ3n) is 4.28. The van der Waals surface area contributed by atoms with Crippen molar-refractivity contribution in [1.29, 1.82) is 0 Å². The largest absolute Gasteiger partial charge is 0.481 e. The van der Waals surface area contributed by atoms with Crippen LogP contribution in [0.25, 0.3) is 0 Å². The maximum atomic E-state index is 11.7. The Morgan fingerprint density at radius 2 is 2.09 bits per heavy atom. The minimum Gasteiger partial charge on any atom is -0.481 e. The highest BCUT2D eigenvalue weighted by Gasteiger charge is 2.38. The topological polar surface area (TPSA) is 94.8 Å². The van der Waals surface area contributed by atoms with Crippen molar-refractivity contribution in [3.05, 3.63) is 24.3 Å². The minimum absolute atomic E-state index is 0.102. The lowest BCUT2D eigenvalue weighted by Crippen LogP contribution is -2.18. The van der Waals surface area contributed by atoms with Crippen molar-refractivity contribution < 1.29 is 24.9 Å². The molecule has 1 aliphatic rings. The predicted octanol–water partition coefficient (Wildman–Crippen LogP) is 2.47. The smallest absolute Gasteiger partial charge is 0.303 e. The molecule has 1 aliphatic carbocycles. The van der Waals surface area contributed by atoms with E-state index in [4.69, 9.17) is 5.11 Å². The molecule has 0 aromatic heterocycles. The Labute approximate surface area is 137 Å². The fraction of sp³-hybridized carbons (Fsp3) is 0.667. The molecule has 0 aromatic rings. The third-order valence-corrected chi connectivity index (χ3v) is 4.28. The van der Waals surface area contributed by atoms with Gasteiger partial charge in [0.2, 0.25) is 0 Å². The number of aliphatic carboxylic acids is 1. The number of aliphatic hydroxyl groups is 2. The number of unbranched alkanes of at least 4 members (excludes halogenated alkanes) is 2. The van der Waals surface area contributed by atoms with Gasteiger partial charge in [-0.3, -0.25) is 9.59 Å². The van der Waals surface area contributed by atoms with E-state index in [-0.39, 0.29) is 30.5 Å². The lowest BCUT2D eigenvalue weighted by molar-refractivity contribution is -0.137. The molecule has 1 fully saturated rings. The average Bonchev–Trinajstić information content (AvgIpc) is 2.76. The Morgan fingerprint density at radius 3 is 2.74 bits per heavy atom. The van der Waals surface area contributed by atoms with E-state index in [0.717, 1.165) is 12.8 Å². The van der Waals surface area contributed by atoms with E-state index >= 15 is 0 Å². The van der Waals surface area contributed by atoms with Crippen LogP contribution in [0.2, 0.25) is 0 Å². The summed E-state index contributed by atoms with van der Waals surface area (Å²) in [6, 6.07) is 0. The molecule has 5 heteroatoms. The number of allylic oxidation sites excluding steroid dienone is 1. The zero-order valence-electron chi connectivity index (χ0n) is 13.7. The first kappa shape index (κ1) is 19.6. The summed E-state index contributed by atoms with van der Waals surface area (Å²) in [7, 11) is 0. The molecule has 0 heterocycles. The van der Waals surface area contributed by atoms with Gasteiger partial charge in [-0.15, -0.1) is 0 Å². The summed E-state index contributed by atoms with van der Waals surface area (Å²) in [5.41, 5.74) is 0. The third kappa shape index (κ3) is 7.10. The number of carbonyl (C=O) groups is 2. The maximum Gasteiger partial charge on any atom is 0.303 e. The molecule has 1 saturated carbocycles. The zero-order chi connectivity index (χ0) is 17.2. The van der Waals surface area contributed by atoms with Crippen LogP contribution in [0.1, 0.15) is 51.9 Å². The second kappa shape index (κ2) is 10.3.